The largest absolute Gasteiger partial charge is 0.496 e. The molecule has 4 aromatic rings. The van der Waals surface area contributed by atoms with Crippen molar-refractivity contribution in [3.8, 4) is 28.7 Å². The number of imidazole rings is 1. The Labute approximate surface area is 293 Å². The number of aromatic nitrogens is 2. The minimum atomic E-state index is -0.737. The number of hydroxylamine groups is 1. The van der Waals surface area contributed by atoms with Gasteiger partial charge >= 0.3 is 5.97 Å². The number of likely N-dealkylation sites (N-methyl/N-ethyl adjacent to an activating group) is 1. The number of anilines is 1. The highest BCUT2D eigenvalue weighted by atomic mass is 35.5. The van der Waals surface area contributed by atoms with Gasteiger partial charge in [0.2, 0.25) is 0 Å². The van der Waals surface area contributed by atoms with Gasteiger partial charge in [-0.2, -0.15) is 5.26 Å². The van der Waals surface area contributed by atoms with Crippen molar-refractivity contribution in [2.45, 2.75) is 51.3 Å². The molecule has 0 radical (unpaired) electrons. The van der Waals surface area contributed by atoms with Crippen LogP contribution >= 0.6 is 11.6 Å². The second-order valence-electron chi connectivity index (χ2n) is 12.9. The molecule has 3 aliphatic rings. The summed E-state index contributed by atoms with van der Waals surface area (Å²) in [5.74, 6) is -0.987. The molecule has 258 valence electrons. The normalized spacial score (nSPS) is 16.7. The van der Waals surface area contributed by atoms with Crippen LogP contribution in [0.3, 0.4) is 0 Å². The third-order valence-electron chi connectivity index (χ3n) is 9.64. The molecule has 1 aliphatic heterocycles. The second kappa shape index (κ2) is 13.7. The highest BCUT2D eigenvalue weighted by molar-refractivity contribution is 6.32. The van der Waals surface area contributed by atoms with E-state index in [9.17, 15) is 14.9 Å². The number of hydrogen-bond acceptors (Lipinski definition) is 9. The molecule has 3 aromatic carbocycles. The third-order valence-corrected chi connectivity index (χ3v) is 9.99. The summed E-state index contributed by atoms with van der Waals surface area (Å²) in [7, 11) is 5.28. The monoisotopic (exact) mass is 698 g/mol. The van der Waals surface area contributed by atoms with E-state index in [1.54, 1.807) is 6.07 Å². The van der Waals surface area contributed by atoms with Crippen molar-refractivity contribution in [3.05, 3.63) is 92.8 Å². The lowest BCUT2D eigenvalue weighted by molar-refractivity contribution is -0.153. The summed E-state index contributed by atoms with van der Waals surface area (Å²) in [5, 5.41) is 13.1. The number of carbonyl (C=O) groups is 2. The van der Waals surface area contributed by atoms with Crippen molar-refractivity contribution < 1.29 is 28.3 Å². The van der Waals surface area contributed by atoms with Gasteiger partial charge in [0.1, 0.15) is 28.7 Å². The topological polar surface area (TPSA) is 131 Å². The lowest BCUT2D eigenvalue weighted by Crippen LogP contribution is -2.27. The fourth-order valence-electron chi connectivity index (χ4n) is 6.82. The maximum atomic E-state index is 15.5. The van der Waals surface area contributed by atoms with Gasteiger partial charge in [-0.1, -0.05) is 41.9 Å². The standard InChI is InChI=1S/C37H36ClFN6O5/c1-44-15-14-29-28(19-44)42-35(45(29)2)36(46)43-27-9-5-7-22(25(27)17-40)21-6-4-8-24-23(21)12-13-30(24)49-32-16-31(48-3)26(34(39)33(32)38)18-41-50-37(47)20-10-11-20/h4-9,16,20,30,41H,10-15,18-19H2,1-3H3,(H,43,46). The number of nitriles is 1. The molecule has 1 amide bonds. The first-order valence-electron chi connectivity index (χ1n) is 16.5. The molecule has 2 heterocycles. The zero-order valence-corrected chi connectivity index (χ0v) is 28.7. The highest BCUT2D eigenvalue weighted by Crippen LogP contribution is 2.44. The van der Waals surface area contributed by atoms with Crippen molar-refractivity contribution in [1.82, 2.24) is 19.9 Å². The maximum Gasteiger partial charge on any atom is 0.327 e. The zero-order chi connectivity index (χ0) is 35.1. The molecule has 50 heavy (non-hydrogen) atoms. The van der Waals surface area contributed by atoms with Gasteiger partial charge in [0.15, 0.2) is 11.6 Å². The van der Waals surface area contributed by atoms with Crippen molar-refractivity contribution in [3.63, 3.8) is 0 Å². The van der Waals surface area contributed by atoms with Gasteiger partial charge in [-0.15, -0.1) is 5.48 Å². The number of carbonyl (C=O) groups excluding carboxylic acids is 2. The number of rotatable bonds is 10. The van der Waals surface area contributed by atoms with E-state index < -0.39 is 11.9 Å². The van der Waals surface area contributed by atoms with Crippen molar-refractivity contribution in [1.29, 1.82) is 5.26 Å². The molecule has 1 fully saturated rings. The molecular formula is C37H36ClFN6O5. The summed E-state index contributed by atoms with van der Waals surface area (Å²) >= 11 is 6.48. The van der Waals surface area contributed by atoms with Crippen molar-refractivity contribution in [2.24, 2.45) is 13.0 Å². The molecule has 1 aromatic heterocycles. The van der Waals surface area contributed by atoms with Crippen LogP contribution in [-0.2, 0) is 42.6 Å². The summed E-state index contributed by atoms with van der Waals surface area (Å²) < 4.78 is 29.1. The summed E-state index contributed by atoms with van der Waals surface area (Å²) in [6.07, 6.45) is 3.16. The Kier molecular flexibility index (Phi) is 9.22. The predicted molar refractivity (Wildman–Crippen MR) is 183 cm³/mol. The molecule has 11 nitrogen and oxygen atoms in total. The van der Waals surface area contributed by atoms with Crippen LogP contribution in [0.1, 0.15) is 69.6 Å². The number of methoxy groups -OCH3 is 1. The Bertz CT molecular complexity index is 2050. The van der Waals surface area contributed by atoms with E-state index in [4.69, 9.17) is 25.9 Å². The number of halogens is 2. The minimum Gasteiger partial charge on any atom is -0.496 e. The van der Waals surface area contributed by atoms with Crippen LogP contribution in [-0.4, -0.2) is 47.0 Å². The van der Waals surface area contributed by atoms with Crippen molar-refractivity contribution in [2.75, 3.05) is 26.0 Å². The number of hydrogen-bond donors (Lipinski definition) is 2. The van der Waals surface area contributed by atoms with Crippen LogP contribution in [0.2, 0.25) is 5.02 Å². The van der Waals surface area contributed by atoms with E-state index in [1.165, 1.54) is 13.2 Å². The molecule has 2 aliphatic carbocycles. The molecule has 0 saturated heterocycles. The van der Waals surface area contributed by atoms with E-state index in [0.29, 0.717) is 42.0 Å². The number of nitrogens with zero attached hydrogens (tertiary/aromatic N) is 4. The molecule has 1 atom stereocenters. The van der Waals surface area contributed by atoms with Crippen LogP contribution in [0.5, 0.6) is 11.5 Å². The quantitative estimate of drug-likeness (QED) is 0.191. The van der Waals surface area contributed by atoms with E-state index in [2.05, 4.69) is 26.7 Å². The first-order chi connectivity index (χ1) is 24.2. The lowest BCUT2D eigenvalue weighted by Gasteiger charge is -2.21. The number of ether oxygens (including phenoxy) is 2. The van der Waals surface area contributed by atoms with Gasteiger partial charge in [0.25, 0.3) is 5.91 Å². The minimum absolute atomic E-state index is 0.105. The summed E-state index contributed by atoms with van der Waals surface area (Å²) in [4.78, 5) is 37.2. The fourth-order valence-corrected chi connectivity index (χ4v) is 7.03. The van der Waals surface area contributed by atoms with E-state index in [1.807, 2.05) is 49.0 Å². The van der Waals surface area contributed by atoms with Gasteiger partial charge in [-0.25, -0.2) is 9.37 Å². The van der Waals surface area contributed by atoms with Crippen LogP contribution in [0.25, 0.3) is 11.1 Å². The Balaban J connectivity index is 1.12. The lowest BCUT2D eigenvalue weighted by atomic mass is 9.92. The Morgan fingerprint density at radius 3 is 2.64 bits per heavy atom. The molecule has 1 saturated carbocycles. The molecular weight excluding hydrogens is 663 g/mol. The third kappa shape index (κ3) is 6.28. The SMILES string of the molecule is COc1cc(OC2CCc3c(-c4cccc(NC(=O)c5nc6c(n5C)CCN(C)C6)c4C#N)cccc32)c(Cl)c(F)c1CNOC(=O)C1CC1. The summed E-state index contributed by atoms with van der Waals surface area (Å²) in [5.41, 5.74) is 8.67. The Morgan fingerprint density at radius 1 is 1.10 bits per heavy atom. The number of nitrogens with one attached hydrogen (secondary N) is 2. The van der Waals surface area contributed by atoms with Gasteiger partial charge < -0.3 is 29.1 Å². The first-order valence-corrected chi connectivity index (χ1v) is 16.9. The smallest absolute Gasteiger partial charge is 0.327 e. The van der Waals surface area contributed by atoms with E-state index in [-0.39, 0.29) is 46.4 Å². The fraction of sp³-hybridized carbons (Fsp3) is 0.351. The number of amides is 1. The Hall–Kier alpha value is -4.96. The van der Waals surface area contributed by atoms with Crippen LogP contribution in [0.4, 0.5) is 10.1 Å². The number of benzene rings is 3. The predicted octanol–water partition coefficient (Wildman–Crippen LogP) is 6.02. The zero-order valence-electron chi connectivity index (χ0n) is 27.9. The second-order valence-corrected chi connectivity index (χ2v) is 13.3. The average Bonchev–Trinajstić information content (AvgIpc) is 3.82. The maximum absolute atomic E-state index is 15.5. The van der Waals surface area contributed by atoms with Crippen LogP contribution in [0, 0.1) is 23.1 Å². The first kappa shape index (κ1) is 33.5. The highest BCUT2D eigenvalue weighted by Gasteiger charge is 2.33. The van der Waals surface area contributed by atoms with E-state index in [0.717, 1.165) is 53.9 Å². The molecule has 0 spiro atoms. The van der Waals surface area contributed by atoms with Crippen molar-refractivity contribution >= 4 is 29.2 Å². The summed E-state index contributed by atoms with van der Waals surface area (Å²) in [6.45, 7) is 1.44. The van der Waals surface area contributed by atoms with E-state index >= 15 is 4.39 Å². The van der Waals surface area contributed by atoms with Gasteiger partial charge in [-0.3, -0.25) is 9.59 Å². The average molecular weight is 699 g/mol. The Morgan fingerprint density at radius 2 is 1.88 bits per heavy atom. The van der Waals surface area contributed by atoms with Crippen LogP contribution in [0.15, 0.2) is 42.5 Å². The molecule has 1 unspecified atom stereocenters. The molecule has 13 heteroatoms. The van der Waals surface area contributed by atoms with Crippen LogP contribution < -0.4 is 20.3 Å². The summed E-state index contributed by atoms with van der Waals surface area (Å²) in [6, 6.07) is 15.0. The van der Waals surface area contributed by atoms with Gasteiger partial charge in [0.05, 0.1) is 36.5 Å². The molecule has 7 rings (SSSR count). The van der Waals surface area contributed by atoms with Gasteiger partial charge in [-0.05, 0) is 55.5 Å². The molecule has 0 bridgehead atoms. The van der Waals surface area contributed by atoms with Gasteiger partial charge in [0, 0.05) is 49.4 Å². The molecule has 2 N–H and O–H groups in total. The number of fused-ring (bicyclic) bond motifs is 2.